The van der Waals surface area contributed by atoms with E-state index in [-0.39, 0.29) is 11.3 Å². The number of rotatable bonds is 2. The summed E-state index contributed by atoms with van der Waals surface area (Å²) in [5.74, 6) is 0.746. The number of aromatic nitrogens is 3. The standard InChI is InChI=1S/C14H11N3O3S/c1-8-12(18)15-14-17(16-8)13(19)11(21-14)7-9-3-5-10(20-2)6-4-9/h3-7H,1-2H3/b11-7+. The molecule has 1 aromatic carbocycles. The summed E-state index contributed by atoms with van der Waals surface area (Å²) in [7, 11) is 1.59. The number of hydrogen-bond donors (Lipinski definition) is 0. The molecule has 3 aromatic rings. The molecule has 2 aromatic heterocycles. The van der Waals surface area contributed by atoms with Crippen LogP contribution in [0.5, 0.6) is 5.75 Å². The van der Waals surface area contributed by atoms with Gasteiger partial charge in [0.05, 0.1) is 11.6 Å². The molecule has 0 bridgehead atoms. The smallest absolute Gasteiger partial charge is 0.295 e. The molecule has 0 fully saturated rings. The van der Waals surface area contributed by atoms with E-state index in [4.69, 9.17) is 4.74 Å². The van der Waals surface area contributed by atoms with Crippen LogP contribution in [0.25, 0.3) is 11.0 Å². The first-order valence-corrected chi connectivity index (χ1v) is 6.96. The maximum atomic E-state index is 12.2. The maximum Gasteiger partial charge on any atom is 0.295 e. The number of hydrogen-bond acceptors (Lipinski definition) is 6. The van der Waals surface area contributed by atoms with Crippen LogP contribution in [0.2, 0.25) is 0 Å². The second-order valence-electron chi connectivity index (χ2n) is 4.39. The predicted octanol–water partition coefficient (Wildman–Crippen LogP) is 0.376. The lowest BCUT2D eigenvalue weighted by Gasteiger charge is -1.98. The van der Waals surface area contributed by atoms with E-state index in [1.807, 2.05) is 24.3 Å². The van der Waals surface area contributed by atoms with Crippen LogP contribution in [0, 0.1) is 6.92 Å². The van der Waals surface area contributed by atoms with Gasteiger partial charge in [0.25, 0.3) is 11.1 Å². The molecule has 0 radical (unpaired) electrons. The van der Waals surface area contributed by atoms with E-state index < -0.39 is 5.56 Å². The molecule has 0 N–H and O–H groups in total. The fraction of sp³-hybridized carbons (Fsp3) is 0.143. The number of methoxy groups -OCH3 is 1. The number of thiazole rings is 1. The van der Waals surface area contributed by atoms with Crippen molar-refractivity contribution in [3.8, 4) is 5.75 Å². The average molecular weight is 301 g/mol. The predicted molar refractivity (Wildman–Crippen MR) is 79.9 cm³/mol. The summed E-state index contributed by atoms with van der Waals surface area (Å²) < 4.78 is 6.73. The van der Waals surface area contributed by atoms with Crippen molar-refractivity contribution in [3.05, 3.63) is 60.8 Å². The Balaban J connectivity index is 2.19. The lowest BCUT2D eigenvalue weighted by molar-refractivity contribution is 0.415. The third kappa shape index (κ3) is 2.43. The van der Waals surface area contributed by atoms with E-state index in [1.165, 1.54) is 6.92 Å². The van der Waals surface area contributed by atoms with Crippen molar-refractivity contribution in [1.82, 2.24) is 14.6 Å². The Labute approximate surface area is 123 Å². The Morgan fingerprint density at radius 3 is 2.62 bits per heavy atom. The third-order valence-electron chi connectivity index (χ3n) is 2.96. The van der Waals surface area contributed by atoms with Gasteiger partial charge in [0.1, 0.15) is 11.4 Å². The van der Waals surface area contributed by atoms with Gasteiger partial charge in [-0.2, -0.15) is 14.6 Å². The molecular formula is C14H11N3O3S. The number of ether oxygens (including phenoxy) is 1. The van der Waals surface area contributed by atoms with Crippen LogP contribution in [0.15, 0.2) is 33.9 Å². The van der Waals surface area contributed by atoms with E-state index in [2.05, 4.69) is 10.1 Å². The first-order valence-electron chi connectivity index (χ1n) is 6.15. The van der Waals surface area contributed by atoms with Gasteiger partial charge < -0.3 is 4.74 Å². The summed E-state index contributed by atoms with van der Waals surface area (Å²) in [4.78, 5) is 27.9. The van der Waals surface area contributed by atoms with Gasteiger partial charge in [-0.25, -0.2) is 0 Å². The lowest BCUT2D eigenvalue weighted by Crippen LogP contribution is -2.27. The summed E-state index contributed by atoms with van der Waals surface area (Å²) in [5.41, 5.74) is 0.381. The van der Waals surface area contributed by atoms with Gasteiger partial charge in [-0.3, -0.25) is 9.59 Å². The summed E-state index contributed by atoms with van der Waals surface area (Å²) in [6, 6.07) is 7.32. The minimum absolute atomic E-state index is 0.207. The lowest BCUT2D eigenvalue weighted by atomic mass is 10.2. The van der Waals surface area contributed by atoms with Crippen LogP contribution < -0.4 is 20.4 Å². The monoisotopic (exact) mass is 301 g/mol. The molecule has 0 unspecified atom stereocenters. The molecule has 0 aliphatic carbocycles. The highest BCUT2D eigenvalue weighted by Crippen LogP contribution is 2.11. The molecule has 0 aliphatic heterocycles. The van der Waals surface area contributed by atoms with Crippen LogP contribution in [-0.4, -0.2) is 21.7 Å². The fourth-order valence-corrected chi connectivity index (χ4v) is 2.74. The zero-order valence-corrected chi connectivity index (χ0v) is 12.2. The molecule has 106 valence electrons. The van der Waals surface area contributed by atoms with Crippen molar-refractivity contribution in [2.24, 2.45) is 0 Å². The normalized spacial score (nSPS) is 12.0. The van der Waals surface area contributed by atoms with Crippen LogP contribution in [0.4, 0.5) is 0 Å². The molecule has 0 saturated heterocycles. The minimum Gasteiger partial charge on any atom is -0.497 e. The Bertz CT molecular complexity index is 974. The average Bonchev–Trinajstić information content (AvgIpc) is 2.77. The van der Waals surface area contributed by atoms with Crippen molar-refractivity contribution >= 4 is 22.4 Å². The first-order chi connectivity index (χ1) is 10.1. The first kappa shape index (κ1) is 13.4. The second kappa shape index (κ2) is 5.10. The van der Waals surface area contributed by atoms with Gasteiger partial charge in [0.2, 0.25) is 4.96 Å². The van der Waals surface area contributed by atoms with Crippen molar-refractivity contribution in [1.29, 1.82) is 0 Å². The summed E-state index contributed by atoms with van der Waals surface area (Å²) >= 11 is 1.14. The molecule has 7 heteroatoms. The van der Waals surface area contributed by atoms with Crippen LogP contribution >= 0.6 is 11.3 Å². The van der Waals surface area contributed by atoms with Crippen molar-refractivity contribution < 1.29 is 4.74 Å². The van der Waals surface area contributed by atoms with Gasteiger partial charge in [-0.1, -0.05) is 23.5 Å². The molecule has 0 amide bonds. The Morgan fingerprint density at radius 1 is 1.24 bits per heavy atom. The molecule has 0 spiro atoms. The van der Waals surface area contributed by atoms with Crippen molar-refractivity contribution in [3.63, 3.8) is 0 Å². The zero-order chi connectivity index (χ0) is 15.0. The molecule has 6 nitrogen and oxygen atoms in total. The highest BCUT2D eigenvalue weighted by Gasteiger charge is 2.08. The Hall–Kier alpha value is -2.54. The quantitative estimate of drug-likeness (QED) is 0.684. The van der Waals surface area contributed by atoms with Crippen LogP contribution in [0.3, 0.4) is 0 Å². The molecule has 3 rings (SSSR count). The Morgan fingerprint density at radius 2 is 1.95 bits per heavy atom. The molecule has 0 atom stereocenters. The maximum absolute atomic E-state index is 12.2. The largest absolute Gasteiger partial charge is 0.497 e. The molecular weight excluding hydrogens is 290 g/mol. The van der Waals surface area contributed by atoms with E-state index in [9.17, 15) is 9.59 Å². The van der Waals surface area contributed by atoms with Gasteiger partial charge in [0.15, 0.2) is 0 Å². The zero-order valence-electron chi connectivity index (χ0n) is 11.4. The number of benzene rings is 1. The van der Waals surface area contributed by atoms with Crippen LogP contribution in [-0.2, 0) is 0 Å². The summed E-state index contributed by atoms with van der Waals surface area (Å²) in [6.45, 7) is 1.53. The van der Waals surface area contributed by atoms with Crippen LogP contribution in [0.1, 0.15) is 11.3 Å². The second-order valence-corrected chi connectivity index (χ2v) is 5.39. The van der Waals surface area contributed by atoms with E-state index in [0.717, 1.165) is 27.2 Å². The van der Waals surface area contributed by atoms with Gasteiger partial charge in [-0.05, 0) is 30.7 Å². The summed E-state index contributed by atoms with van der Waals surface area (Å²) in [6.07, 6.45) is 1.74. The molecule has 0 saturated carbocycles. The molecule has 2 heterocycles. The van der Waals surface area contributed by atoms with E-state index in [1.54, 1.807) is 13.2 Å². The van der Waals surface area contributed by atoms with Gasteiger partial charge >= 0.3 is 0 Å². The van der Waals surface area contributed by atoms with Gasteiger partial charge in [0, 0.05) is 0 Å². The van der Waals surface area contributed by atoms with E-state index >= 15 is 0 Å². The van der Waals surface area contributed by atoms with Crippen molar-refractivity contribution in [2.75, 3.05) is 7.11 Å². The Kier molecular flexibility index (Phi) is 3.26. The van der Waals surface area contributed by atoms with Crippen molar-refractivity contribution in [2.45, 2.75) is 6.92 Å². The SMILES string of the molecule is COc1ccc(/C=c2/sc3nc(=O)c(C)nn3c2=O)cc1. The minimum atomic E-state index is -0.410. The summed E-state index contributed by atoms with van der Waals surface area (Å²) in [5, 5.41) is 3.96. The highest BCUT2D eigenvalue weighted by atomic mass is 32.1. The van der Waals surface area contributed by atoms with E-state index in [0.29, 0.717) is 9.49 Å². The highest BCUT2D eigenvalue weighted by molar-refractivity contribution is 7.15. The number of fused-ring (bicyclic) bond motifs is 1. The third-order valence-corrected chi connectivity index (χ3v) is 3.92. The molecule has 21 heavy (non-hydrogen) atoms. The topological polar surface area (TPSA) is 73.6 Å². The van der Waals surface area contributed by atoms with Gasteiger partial charge in [-0.15, -0.1) is 0 Å². The molecule has 0 aliphatic rings. The number of nitrogens with zero attached hydrogens (tertiary/aromatic N) is 3. The number of aryl methyl sites for hydroxylation is 1. The fourth-order valence-electron chi connectivity index (χ4n) is 1.84.